The van der Waals surface area contributed by atoms with Gasteiger partial charge in [0.25, 0.3) is 0 Å². The molecule has 4 heteroatoms. The van der Waals surface area contributed by atoms with Crippen LogP contribution in [0.4, 0.5) is 0 Å². The third-order valence-electron chi connectivity index (χ3n) is 3.60. The summed E-state index contributed by atoms with van der Waals surface area (Å²) in [5.41, 5.74) is 1.89. The van der Waals surface area contributed by atoms with Crippen LogP contribution in [0.5, 0.6) is 11.5 Å². The van der Waals surface area contributed by atoms with Gasteiger partial charge in [-0.25, -0.2) is 0 Å². The number of ether oxygens (including phenoxy) is 2. The van der Waals surface area contributed by atoms with Crippen LogP contribution in [0.15, 0.2) is 46.9 Å². The van der Waals surface area contributed by atoms with E-state index in [-0.39, 0.29) is 6.10 Å². The third-order valence-corrected chi connectivity index (χ3v) is 4.09. The molecule has 0 radical (unpaired) electrons. The van der Waals surface area contributed by atoms with Crippen molar-refractivity contribution in [3.05, 3.63) is 58.1 Å². The van der Waals surface area contributed by atoms with Crippen LogP contribution >= 0.6 is 15.9 Å². The highest BCUT2D eigenvalue weighted by Gasteiger charge is 2.28. The van der Waals surface area contributed by atoms with Gasteiger partial charge in [0.15, 0.2) is 0 Å². The van der Waals surface area contributed by atoms with Crippen LogP contribution in [-0.4, -0.2) is 11.7 Å². The second kappa shape index (κ2) is 6.08. The summed E-state index contributed by atoms with van der Waals surface area (Å²) in [5.74, 6) is 1.60. The number of aliphatic hydroxyl groups excluding tert-OH is 1. The summed E-state index contributed by atoms with van der Waals surface area (Å²) < 4.78 is 12.4. The van der Waals surface area contributed by atoms with Gasteiger partial charge in [0.1, 0.15) is 17.6 Å². The fourth-order valence-corrected chi connectivity index (χ4v) is 2.95. The van der Waals surface area contributed by atoms with Gasteiger partial charge in [-0.15, -0.1) is 0 Å². The minimum absolute atomic E-state index is 0.135. The van der Waals surface area contributed by atoms with E-state index in [1.807, 2.05) is 49.4 Å². The zero-order valence-corrected chi connectivity index (χ0v) is 13.3. The highest BCUT2D eigenvalue weighted by atomic mass is 79.9. The molecule has 3 nitrogen and oxygen atoms in total. The monoisotopic (exact) mass is 348 g/mol. The van der Waals surface area contributed by atoms with E-state index >= 15 is 0 Å². The van der Waals surface area contributed by atoms with E-state index in [2.05, 4.69) is 15.9 Å². The molecule has 1 unspecified atom stereocenters. The van der Waals surface area contributed by atoms with Gasteiger partial charge >= 0.3 is 0 Å². The van der Waals surface area contributed by atoms with E-state index in [0.717, 1.165) is 27.1 Å². The molecule has 2 atom stereocenters. The zero-order valence-electron chi connectivity index (χ0n) is 11.8. The van der Waals surface area contributed by atoms with Crippen molar-refractivity contribution in [3.63, 3.8) is 0 Å². The molecule has 0 aromatic heterocycles. The van der Waals surface area contributed by atoms with Crippen molar-refractivity contribution >= 4 is 15.9 Å². The number of fused-ring (bicyclic) bond motifs is 1. The van der Waals surface area contributed by atoms with Crippen molar-refractivity contribution in [3.8, 4) is 11.5 Å². The molecule has 110 valence electrons. The number of benzene rings is 2. The zero-order chi connectivity index (χ0) is 14.8. The van der Waals surface area contributed by atoms with Gasteiger partial charge < -0.3 is 14.6 Å². The Morgan fingerprint density at radius 1 is 1.24 bits per heavy atom. The Bertz CT molecular complexity index is 624. The Kier molecular flexibility index (Phi) is 4.17. The molecule has 0 bridgehead atoms. The molecule has 1 aliphatic heterocycles. The van der Waals surface area contributed by atoms with Crippen molar-refractivity contribution in [1.82, 2.24) is 0 Å². The van der Waals surface area contributed by atoms with Crippen molar-refractivity contribution < 1.29 is 14.6 Å². The Morgan fingerprint density at radius 2 is 2.00 bits per heavy atom. The van der Waals surface area contributed by atoms with E-state index in [9.17, 15) is 5.11 Å². The maximum absolute atomic E-state index is 10.3. The van der Waals surface area contributed by atoms with Crippen molar-refractivity contribution in [2.24, 2.45) is 0 Å². The SMILES string of the molecule is CCOc1ccc(C2C[C@H](O)c3cc(Br)ccc3O2)cc1. The van der Waals surface area contributed by atoms with E-state index in [1.165, 1.54) is 0 Å². The van der Waals surface area contributed by atoms with E-state index in [1.54, 1.807) is 0 Å². The molecule has 0 saturated heterocycles. The fourth-order valence-electron chi connectivity index (χ4n) is 2.57. The highest BCUT2D eigenvalue weighted by Crippen LogP contribution is 2.41. The summed E-state index contributed by atoms with van der Waals surface area (Å²) in [6.45, 7) is 2.61. The minimum Gasteiger partial charge on any atom is -0.494 e. The lowest BCUT2D eigenvalue weighted by atomic mass is 9.95. The normalized spacial score (nSPS) is 20.5. The predicted molar refractivity (Wildman–Crippen MR) is 84.7 cm³/mol. The van der Waals surface area contributed by atoms with E-state index in [0.29, 0.717) is 13.0 Å². The average molecular weight is 349 g/mol. The van der Waals surface area contributed by atoms with Gasteiger partial charge in [0.2, 0.25) is 0 Å². The quantitative estimate of drug-likeness (QED) is 0.892. The second-order valence-electron chi connectivity index (χ2n) is 5.04. The first-order chi connectivity index (χ1) is 10.2. The molecule has 1 aliphatic rings. The maximum atomic E-state index is 10.3. The molecule has 1 heterocycles. The topological polar surface area (TPSA) is 38.7 Å². The van der Waals surface area contributed by atoms with Gasteiger partial charge in [-0.3, -0.25) is 0 Å². The molecule has 0 amide bonds. The van der Waals surface area contributed by atoms with Crippen LogP contribution in [0.25, 0.3) is 0 Å². The average Bonchev–Trinajstić information content (AvgIpc) is 2.49. The molecule has 1 N–H and O–H groups in total. The molecule has 0 aliphatic carbocycles. The fraction of sp³-hybridized carbons (Fsp3) is 0.294. The molecule has 0 spiro atoms. The summed E-state index contributed by atoms with van der Waals surface area (Å²) >= 11 is 3.42. The van der Waals surface area contributed by atoms with Crippen LogP contribution in [0.3, 0.4) is 0 Å². The first-order valence-corrected chi connectivity index (χ1v) is 7.83. The first-order valence-electron chi connectivity index (χ1n) is 7.04. The van der Waals surface area contributed by atoms with Gasteiger partial charge in [-0.2, -0.15) is 0 Å². The number of aliphatic hydroxyl groups is 1. The molecular formula is C17H17BrO3. The number of hydrogen-bond donors (Lipinski definition) is 1. The smallest absolute Gasteiger partial charge is 0.127 e. The largest absolute Gasteiger partial charge is 0.494 e. The lowest BCUT2D eigenvalue weighted by molar-refractivity contribution is 0.0656. The molecule has 2 aromatic rings. The molecule has 2 aromatic carbocycles. The molecular weight excluding hydrogens is 332 g/mol. The Hall–Kier alpha value is -1.52. The predicted octanol–water partition coefficient (Wildman–Crippen LogP) is 4.41. The van der Waals surface area contributed by atoms with Crippen LogP contribution < -0.4 is 9.47 Å². The molecule has 3 rings (SSSR count). The van der Waals surface area contributed by atoms with Crippen molar-refractivity contribution in [1.29, 1.82) is 0 Å². The van der Waals surface area contributed by atoms with Crippen LogP contribution in [-0.2, 0) is 0 Å². The van der Waals surface area contributed by atoms with Crippen LogP contribution in [0.2, 0.25) is 0 Å². The van der Waals surface area contributed by atoms with Gasteiger partial charge in [0, 0.05) is 16.5 Å². The van der Waals surface area contributed by atoms with Crippen molar-refractivity contribution in [2.45, 2.75) is 25.6 Å². The summed E-state index contributed by atoms with van der Waals surface area (Å²) in [4.78, 5) is 0. The van der Waals surface area contributed by atoms with Gasteiger partial charge in [-0.1, -0.05) is 28.1 Å². The number of halogens is 1. The highest BCUT2D eigenvalue weighted by molar-refractivity contribution is 9.10. The molecule has 0 saturated carbocycles. The van der Waals surface area contributed by atoms with Crippen molar-refractivity contribution in [2.75, 3.05) is 6.61 Å². The lowest BCUT2D eigenvalue weighted by Gasteiger charge is -2.30. The standard InChI is InChI=1S/C17H17BrO3/c1-2-20-13-6-3-11(4-7-13)17-10-15(19)14-9-12(18)5-8-16(14)21-17/h3-9,15,17,19H,2,10H2,1H3/t15-,17?/m0/s1. The first kappa shape index (κ1) is 14.4. The maximum Gasteiger partial charge on any atom is 0.127 e. The summed E-state index contributed by atoms with van der Waals surface area (Å²) in [7, 11) is 0. The summed E-state index contributed by atoms with van der Waals surface area (Å²) in [6.07, 6.45) is -0.0931. The third kappa shape index (κ3) is 3.06. The molecule has 21 heavy (non-hydrogen) atoms. The van der Waals surface area contributed by atoms with Crippen LogP contribution in [0, 0.1) is 0 Å². The second-order valence-corrected chi connectivity index (χ2v) is 5.96. The lowest BCUT2D eigenvalue weighted by Crippen LogP contribution is -2.19. The Labute approximate surface area is 132 Å². The number of hydrogen-bond acceptors (Lipinski definition) is 3. The Morgan fingerprint density at radius 3 is 2.71 bits per heavy atom. The van der Waals surface area contributed by atoms with E-state index in [4.69, 9.17) is 9.47 Å². The van der Waals surface area contributed by atoms with Gasteiger partial charge in [0.05, 0.1) is 12.7 Å². The molecule has 0 fully saturated rings. The summed E-state index contributed by atoms with van der Waals surface area (Å²) in [5, 5.41) is 10.3. The minimum atomic E-state index is -0.511. The van der Waals surface area contributed by atoms with E-state index < -0.39 is 6.10 Å². The van der Waals surface area contributed by atoms with Gasteiger partial charge in [-0.05, 0) is 42.8 Å². The summed E-state index contributed by atoms with van der Waals surface area (Å²) in [6, 6.07) is 13.6. The number of rotatable bonds is 3. The van der Waals surface area contributed by atoms with Crippen LogP contribution in [0.1, 0.15) is 36.7 Å². The Balaban J connectivity index is 1.83.